The van der Waals surface area contributed by atoms with E-state index >= 15 is 0 Å². The van der Waals surface area contributed by atoms with Crippen LogP contribution < -0.4 is 5.32 Å². The van der Waals surface area contributed by atoms with Crippen molar-refractivity contribution in [2.75, 3.05) is 0 Å². The van der Waals surface area contributed by atoms with Crippen LogP contribution in [0.15, 0.2) is 0 Å². The number of rotatable bonds is 2. The molecule has 2 nitrogen and oxygen atoms in total. The van der Waals surface area contributed by atoms with Crippen molar-refractivity contribution in [3.8, 4) is 12.3 Å². The van der Waals surface area contributed by atoms with Crippen molar-refractivity contribution in [2.45, 2.75) is 57.2 Å². The highest BCUT2D eigenvalue weighted by atomic mass is 16.3. The molecule has 0 unspecified atom stereocenters. The van der Waals surface area contributed by atoms with Crippen LogP contribution in [0.3, 0.4) is 0 Å². The maximum Gasteiger partial charge on any atom is 0.0743 e. The van der Waals surface area contributed by atoms with Crippen molar-refractivity contribution in [1.82, 2.24) is 5.32 Å². The summed E-state index contributed by atoms with van der Waals surface area (Å²) in [6.07, 6.45) is 9.17. The van der Waals surface area contributed by atoms with E-state index in [9.17, 15) is 5.11 Å². The molecule has 1 aliphatic rings. The van der Waals surface area contributed by atoms with Gasteiger partial charge in [0.15, 0.2) is 0 Å². The Labute approximate surface area is 80.7 Å². The highest BCUT2D eigenvalue weighted by Gasteiger charge is 2.24. The molecule has 0 heterocycles. The van der Waals surface area contributed by atoms with Crippen molar-refractivity contribution in [1.29, 1.82) is 0 Å². The maximum absolute atomic E-state index is 9.31. The Bertz CT molecular complexity index is 197. The van der Waals surface area contributed by atoms with Gasteiger partial charge in [0.2, 0.25) is 0 Å². The first-order valence-electron chi connectivity index (χ1n) is 4.97. The highest BCUT2D eigenvalue weighted by Crippen LogP contribution is 2.20. The van der Waals surface area contributed by atoms with E-state index in [1.54, 1.807) is 0 Å². The van der Waals surface area contributed by atoms with Gasteiger partial charge in [0.05, 0.1) is 11.6 Å². The largest absolute Gasteiger partial charge is 0.393 e. The van der Waals surface area contributed by atoms with E-state index in [1.807, 2.05) is 13.8 Å². The first-order chi connectivity index (χ1) is 6.03. The molecule has 0 spiro atoms. The topological polar surface area (TPSA) is 32.3 Å². The summed E-state index contributed by atoms with van der Waals surface area (Å²) in [6, 6.07) is 0.481. The van der Waals surface area contributed by atoms with E-state index in [0.717, 1.165) is 25.7 Å². The lowest BCUT2D eigenvalue weighted by Crippen LogP contribution is -2.46. The zero-order chi connectivity index (χ0) is 9.90. The number of nitrogens with one attached hydrogen (secondary N) is 1. The van der Waals surface area contributed by atoms with E-state index in [0.29, 0.717) is 6.04 Å². The predicted molar refractivity (Wildman–Crippen MR) is 54.3 cm³/mol. The van der Waals surface area contributed by atoms with Crippen molar-refractivity contribution in [3.05, 3.63) is 0 Å². The molecule has 0 amide bonds. The fraction of sp³-hybridized carbons (Fsp3) is 0.818. The Balaban J connectivity index is 2.35. The Morgan fingerprint density at radius 3 is 2.31 bits per heavy atom. The summed E-state index contributed by atoms with van der Waals surface area (Å²) in [6.45, 7) is 4.02. The summed E-state index contributed by atoms with van der Waals surface area (Å²) >= 11 is 0. The molecule has 1 saturated carbocycles. The average Bonchev–Trinajstić information content (AvgIpc) is 2.09. The van der Waals surface area contributed by atoms with Gasteiger partial charge in [-0.25, -0.2) is 0 Å². The molecule has 0 aromatic heterocycles. The van der Waals surface area contributed by atoms with Crippen LogP contribution in [-0.4, -0.2) is 22.8 Å². The predicted octanol–water partition coefficient (Wildman–Crippen LogP) is 1.29. The van der Waals surface area contributed by atoms with Gasteiger partial charge in [-0.2, -0.15) is 0 Å². The molecule has 0 aromatic rings. The maximum atomic E-state index is 9.31. The zero-order valence-electron chi connectivity index (χ0n) is 8.51. The Morgan fingerprint density at radius 2 is 1.85 bits per heavy atom. The number of aliphatic hydroxyl groups excluding tert-OH is 1. The highest BCUT2D eigenvalue weighted by molar-refractivity contribution is 5.08. The summed E-state index contributed by atoms with van der Waals surface area (Å²) < 4.78 is 0. The molecular formula is C11H19NO. The normalized spacial score (nSPS) is 29.7. The second-order valence-electron chi connectivity index (χ2n) is 4.42. The van der Waals surface area contributed by atoms with Gasteiger partial charge < -0.3 is 5.11 Å². The zero-order valence-corrected chi connectivity index (χ0v) is 8.51. The second-order valence-corrected chi connectivity index (χ2v) is 4.42. The Morgan fingerprint density at radius 1 is 1.31 bits per heavy atom. The molecule has 0 radical (unpaired) electrons. The molecule has 2 heteroatoms. The van der Waals surface area contributed by atoms with Crippen LogP contribution in [0.4, 0.5) is 0 Å². The molecule has 13 heavy (non-hydrogen) atoms. The van der Waals surface area contributed by atoms with Crippen LogP contribution in [0.1, 0.15) is 39.5 Å². The SMILES string of the molecule is C#CC(C)(C)NC1CCC(O)CC1. The summed E-state index contributed by atoms with van der Waals surface area (Å²) in [5, 5.41) is 12.7. The van der Waals surface area contributed by atoms with Crippen molar-refractivity contribution in [3.63, 3.8) is 0 Å². The van der Waals surface area contributed by atoms with Gasteiger partial charge in [0, 0.05) is 6.04 Å². The number of hydrogen-bond acceptors (Lipinski definition) is 2. The lowest BCUT2D eigenvalue weighted by molar-refractivity contribution is 0.113. The molecule has 0 atom stereocenters. The Kier molecular flexibility index (Phi) is 3.35. The van der Waals surface area contributed by atoms with Gasteiger partial charge in [-0.15, -0.1) is 6.42 Å². The quantitative estimate of drug-likeness (QED) is 0.629. The first kappa shape index (κ1) is 10.6. The molecule has 1 aliphatic carbocycles. The minimum absolute atomic E-state index is 0.0907. The third-order valence-corrected chi connectivity index (χ3v) is 2.62. The van der Waals surface area contributed by atoms with E-state index in [2.05, 4.69) is 11.2 Å². The molecule has 0 bridgehead atoms. The number of aliphatic hydroxyl groups is 1. The molecule has 2 N–H and O–H groups in total. The van der Waals surface area contributed by atoms with Gasteiger partial charge in [0.1, 0.15) is 0 Å². The molecule has 0 saturated heterocycles. The van der Waals surface area contributed by atoms with Crippen LogP contribution in [0.25, 0.3) is 0 Å². The average molecular weight is 181 g/mol. The third-order valence-electron chi connectivity index (χ3n) is 2.62. The van der Waals surface area contributed by atoms with Gasteiger partial charge in [0.25, 0.3) is 0 Å². The molecule has 1 rings (SSSR count). The summed E-state index contributed by atoms with van der Waals surface area (Å²) in [4.78, 5) is 0. The first-order valence-corrected chi connectivity index (χ1v) is 4.97. The smallest absolute Gasteiger partial charge is 0.0743 e. The fourth-order valence-corrected chi connectivity index (χ4v) is 1.77. The monoisotopic (exact) mass is 181 g/mol. The van der Waals surface area contributed by atoms with E-state index in [4.69, 9.17) is 6.42 Å². The fourth-order valence-electron chi connectivity index (χ4n) is 1.77. The summed E-state index contributed by atoms with van der Waals surface area (Å²) in [5.74, 6) is 2.73. The number of hydrogen-bond donors (Lipinski definition) is 2. The standard InChI is InChI=1S/C11H19NO/c1-4-11(2,3)12-9-5-7-10(13)8-6-9/h1,9-10,12-13H,5-8H2,2-3H3. The van der Waals surface area contributed by atoms with Crippen LogP contribution >= 0.6 is 0 Å². The van der Waals surface area contributed by atoms with E-state index < -0.39 is 0 Å². The van der Waals surface area contributed by atoms with Crippen LogP contribution in [0, 0.1) is 12.3 Å². The minimum Gasteiger partial charge on any atom is -0.393 e. The molecule has 0 aliphatic heterocycles. The second kappa shape index (κ2) is 4.13. The minimum atomic E-state index is -0.215. The van der Waals surface area contributed by atoms with Crippen molar-refractivity contribution in [2.24, 2.45) is 0 Å². The van der Waals surface area contributed by atoms with Gasteiger partial charge in [-0.3, -0.25) is 5.32 Å². The van der Waals surface area contributed by atoms with Gasteiger partial charge in [-0.1, -0.05) is 5.92 Å². The Hall–Kier alpha value is -0.520. The summed E-state index contributed by atoms with van der Waals surface area (Å²) in [5.41, 5.74) is -0.215. The van der Waals surface area contributed by atoms with Crippen LogP contribution in [-0.2, 0) is 0 Å². The lowest BCUT2D eigenvalue weighted by atomic mass is 9.91. The summed E-state index contributed by atoms with van der Waals surface area (Å²) in [7, 11) is 0. The third kappa shape index (κ3) is 3.38. The molecule has 0 aromatic carbocycles. The molecular weight excluding hydrogens is 162 g/mol. The molecule has 74 valence electrons. The van der Waals surface area contributed by atoms with Crippen LogP contribution in [0.2, 0.25) is 0 Å². The lowest BCUT2D eigenvalue weighted by Gasteiger charge is -2.32. The van der Waals surface area contributed by atoms with Crippen molar-refractivity contribution >= 4 is 0 Å². The molecule has 1 fully saturated rings. The number of terminal acetylenes is 1. The van der Waals surface area contributed by atoms with Gasteiger partial charge in [-0.05, 0) is 39.5 Å². The van der Waals surface area contributed by atoms with E-state index in [1.165, 1.54) is 0 Å². The van der Waals surface area contributed by atoms with Crippen molar-refractivity contribution < 1.29 is 5.11 Å². The van der Waals surface area contributed by atoms with Crippen LogP contribution in [0.5, 0.6) is 0 Å². The van der Waals surface area contributed by atoms with Gasteiger partial charge >= 0.3 is 0 Å². The van der Waals surface area contributed by atoms with E-state index in [-0.39, 0.29) is 11.6 Å².